The topological polar surface area (TPSA) is 88.9 Å². The first-order chi connectivity index (χ1) is 12.1. The lowest BCUT2D eigenvalue weighted by atomic mass is 10.0. The Morgan fingerprint density at radius 2 is 2.12 bits per heavy atom. The zero-order valence-corrected chi connectivity index (χ0v) is 14.5. The predicted octanol–water partition coefficient (Wildman–Crippen LogP) is 1.79. The van der Waals surface area contributed by atoms with Crippen molar-refractivity contribution in [3.05, 3.63) is 18.6 Å². The molecular weight excluding hydrogens is 316 g/mol. The highest BCUT2D eigenvalue weighted by atomic mass is 16.2. The number of anilines is 1. The van der Waals surface area contributed by atoms with E-state index in [-0.39, 0.29) is 5.91 Å². The highest BCUT2D eigenvalue weighted by Crippen LogP contribution is 2.41. The number of carbonyl (C=O) groups excluding carboxylic acids is 1. The third-order valence-corrected chi connectivity index (χ3v) is 5.82. The predicted molar refractivity (Wildman–Crippen MR) is 93.7 cm³/mol. The van der Waals surface area contributed by atoms with Crippen LogP contribution < -0.4 is 4.90 Å². The molecule has 0 radical (unpaired) electrons. The molecule has 0 bridgehead atoms. The second-order valence-electron chi connectivity index (χ2n) is 7.29. The Morgan fingerprint density at radius 1 is 1.40 bits per heavy atom. The molecule has 2 aromatic heterocycles. The van der Waals surface area contributed by atoms with Crippen LogP contribution in [0.1, 0.15) is 19.8 Å². The van der Waals surface area contributed by atoms with Crippen molar-refractivity contribution < 1.29 is 4.79 Å². The molecule has 0 spiro atoms. The molecule has 25 heavy (non-hydrogen) atoms. The molecule has 2 aromatic rings. The van der Waals surface area contributed by atoms with Gasteiger partial charge in [0.05, 0.1) is 11.5 Å². The van der Waals surface area contributed by atoms with Gasteiger partial charge in [-0.3, -0.25) is 4.79 Å². The van der Waals surface area contributed by atoms with Gasteiger partial charge in [-0.25, -0.2) is 9.97 Å². The highest BCUT2D eigenvalue weighted by molar-refractivity contribution is 5.87. The number of hydrogen-bond donors (Lipinski definition) is 1. The molecule has 2 aliphatic rings. The number of amides is 1. The maximum Gasteiger partial charge on any atom is 0.239 e. The normalized spacial score (nSPS) is 26.4. The molecule has 1 aliphatic carbocycles. The Kier molecular flexibility index (Phi) is 3.83. The molecule has 2 fully saturated rings. The molecule has 1 aliphatic heterocycles. The maximum atomic E-state index is 12.2. The standard InChI is InChI=1S/C18H22N6O/c1-11(7-19)18(25)24-8-12-5-14(6-13(12)9-24)23(2)17-15-3-4-20-16(15)21-10-22-17/h3-4,10-14H,5-6,8-9H2,1-2H3,(H,20,21,22)/t11?,12-,13?,14?/m1/s1. The van der Waals surface area contributed by atoms with E-state index in [2.05, 4.69) is 33.0 Å². The van der Waals surface area contributed by atoms with Gasteiger partial charge in [0.25, 0.3) is 0 Å². The van der Waals surface area contributed by atoms with Crippen LogP contribution in [0.5, 0.6) is 0 Å². The maximum absolute atomic E-state index is 12.2. The molecule has 1 amide bonds. The van der Waals surface area contributed by atoms with Gasteiger partial charge in [-0.2, -0.15) is 5.26 Å². The summed E-state index contributed by atoms with van der Waals surface area (Å²) < 4.78 is 0. The number of hydrogen-bond acceptors (Lipinski definition) is 5. The molecular formula is C18H22N6O. The second kappa shape index (κ2) is 6.03. The molecule has 3 heterocycles. The number of aromatic nitrogens is 3. The molecule has 7 heteroatoms. The van der Waals surface area contributed by atoms with Gasteiger partial charge in [0.15, 0.2) is 0 Å². The van der Waals surface area contributed by atoms with Crippen LogP contribution in [-0.4, -0.2) is 51.9 Å². The first-order valence-electron chi connectivity index (χ1n) is 8.77. The lowest BCUT2D eigenvalue weighted by Gasteiger charge is -2.28. The SMILES string of the molecule is CC(C#N)C(=O)N1CC2CC(N(C)c3ncnc4[nH]ccc34)C[C@@H]2C1. The van der Waals surface area contributed by atoms with E-state index in [1.54, 1.807) is 13.3 Å². The van der Waals surface area contributed by atoms with E-state index >= 15 is 0 Å². The quantitative estimate of drug-likeness (QED) is 0.921. The van der Waals surface area contributed by atoms with Gasteiger partial charge in [-0.1, -0.05) is 0 Å². The van der Waals surface area contributed by atoms with E-state index in [4.69, 9.17) is 5.26 Å². The minimum absolute atomic E-state index is 0.0216. The minimum atomic E-state index is -0.541. The molecule has 4 atom stereocenters. The number of H-pyrrole nitrogens is 1. The van der Waals surface area contributed by atoms with Crippen LogP contribution in [0.3, 0.4) is 0 Å². The van der Waals surface area contributed by atoms with Crippen molar-refractivity contribution in [2.24, 2.45) is 17.8 Å². The first-order valence-corrected chi connectivity index (χ1v) is 8.77. The highest BCUT2D eigenvalue weighted by Gasteiger charge is 2.44. The largest absolute Gasteiger partial charge is 0.356 e. The van der Waals surface area contributed by atoms with E-state index in [0.717, 1.165) is 42.8 Å². The summed E-state index contributed by atoms with van der Waals surface area (Å²) in [6.45, 7) is 3.25. The third kappa shape index (κ3) is 2.62. The molecule has 1 saturated carbocycles. The van der Waals surface area contributed by atoms with Gasteiger partial charge in [0, 0.05) is 32.4 Å². The average molecular weight is 338 g/mol. The Hall–Kier alpha value is -2.62. The summed E-state index contributed by atoms with van der Waals surface area (Å²) in [6, 6.07) is 4.49. The molecule has 7 nitrogen and oxygen atoms in total. The smallest absolute Gasteiger partial charge is 0.239 e. The summed E-state index contributed by atoms with van der Waals surface area (Å²) in [7, 11) is 2.10. The first kappa shape index (κ1) is 15.9. The summed E-state index contributed by atoms with van der Waals surface area (Å²) >= 11 is 0. The molecule has 1 saturated heterocycles. The molecule has 1 N–H and O–H groups in total. The molecule has 130 valence electrons. The van der Waals surface area contributed by atoms with Crippen LogP contribution in [0, 0.1) is 29.1 Å². The van der Waals surface area contributed by atoms with Crippen molar-refractivity contribution >= 4 is 22.8 Å². The van der Waals surface area contributed by atoms with Crippen molar-refractivity contribution in [1.29, 1.82) is 5.26 Å². The van der Waals surface area contributed by atoms with Crippen LogP contribution in [0.25, 0.3) is 11.0 Å². The fourth-order valence-corrected chi connectivity index (χ4v) is 4.41. The Bertz CT molecular complexity index is 825. The summed E-state index contributed by atoms with van der Waals surface area (Å²) in [4.78, 5) is 28.3. The van der Waals surface area contributed by atoms with Crippen LogP contribution >= 0.6 is 0 Å². The van der Waals surface area contributed by atoms with Crippen LogP contribution in [0.2, 0.25) is 0 Å². The lowest BCUT2D eigenvalue weighted by Crippen LogP contribution is -2.36. The molecule has 4 rings (SSSR count). The Balaban J connectivity index is 1.46. The van der Waals surface area contributed by atoms with Gasteiger partial charge in [0.1, 0.15) is 23.7 Å². The zero-order chi connectivity index (χ0) is 17.6. The second-order valence-corrected chi connectivity index (χ2v) is 7.29. The summed E-state index contributed by atoms with van der Waals surface area (Å²) in [5.74, 6) is 1.44. The number of likely N-dealkylation sites (tertiary alicyclic amines) is 1. The zero-order valence-electron chi connectivity index (χ0n) is 14.5. The van der Waals surface area contributed by atoms with Crippen LogP contribution in [0.15, 0.2) is 18.6 Å². The fourth-order valence-electron chi connectivity index (χ4n) is 4.41. The van der Waals surface area contributed by atoms with E-state index in [1.807, 2.05) is 17.2 Å². The third-order valence-electron chi connectivity index (χ3n) is 5.82. The molecule has 0 aromatic carbocycles. The summed E-state index contributed by atoms with van der Waals surface area (Å²) in [5, 5.41) is 10.0. The average Bonchev–Trinajstić information content (AvgIpc) is 3.32. The van der Waals surface area contributed by atoms with E-state index in [9.17, 15) is 4.79 Å². The van der Waals surface area contributed by atoms with Crippen molar-refractivity contribution in [3.63, 3.8) is 0 Å². The Morgan fingerprint density at radius 3 is 2.80 bits per heavy atom. The van der Waals surface area contributed by atoms with Crippen molar-refractivity contribution in [2.45, 2.75) is 25.8 Å². The lowest BCUT2D eigenvalue weighted by molar-refractivity contribution is -0.132. The van der Waals surface area contributed by atoms with Gasteiger partial charge in [-0.15, -0.1) is 0 Å². The minimum Gasteiger partial charge on any atom is -0.356 e. The molecule has 3 unspecified atom stereocenters. The Labute approximate surface area is 146 Å². The van der Waals surface area contributed by atoms with E-state index in [1.165, 1.54) is 0 Å². The van der Waals surface area contributed by atoms with Crippen molar-refractivity contribution in [3.8, 4) is 6.07 Å². The van der Waals surface area contributed by atoms with Gasteiger partial charge in [-0.05, 0) is 37.7 Å². The van der Waals surface area contributed by atoms with Gasteiger partial charge >= 0.3 is 0 Å². The van der Waals surface area contributed by atoms with Crippen LogP contribution in [0.4, 0.5) is 5.82 Å². The number of carbonyl (C=O) groups is 1. The number of nitriles is 1. The summed E-state index contributed by atoms with van der Waals surface area (Å²) in [5.41, 5.74) is 0.859. The monoisotopic (exact) mass is 338 g/mol. The summed E-state index contributed by atoms with van der Waals surface area (Å²) in [6.07, 6.45) is 5.60. The van der Waals surface area contributed by atoms with Crippen LogP contribution in [-0.2, 0) is 4.79 Å². The van der Waals surface area contributed by atoms with E-state index < -0.39 is 5.92 Å². The number of aromatic amines is 1. The number of fused-ring (bicyclic) bond motifs is 2. The fraction of sp³-hybridized carbons (Fsp3) is 0.556. The number of rotatable bonds is 3. The number of nitrogens with one attached hydrogen (secondary N) is 1. The van der Waals surface area contributed by atoms with Gasteiger partial charge in [0.2, 0.25) is 5.91 Å². The van der Waals surface area contributed by atoms with Gasteiger partial charge < -0.3 is 14.8 Å². The van der Waals surface area contributed by atoms with Crippen molar-refractivity contribution in [1.82, 2.24) is 19.9 Å². The number of nitrogens with zero attached hydrogens (tertiary/aromatic N) is 5. The van der Waals surface area contributed by atoms with Crippen molar-refractivity contribution in [2.75, 3.05) is 25.0 Å². The van der Waals surface area contributed by atoms with E-state index in [0.29, 0.717) is 17.9 Å².